The summed E-state index contributed by atoms with van der Waals surface area (Å²) in [6.07, 6.45) is 6.99. The van der Waals surface area contributed by atoms with Crippen LogP contribution < -0.4 is 5.32 Å². The van der Waals surface area contributed by atoms with E-state index < -0.39 is 10.0 Å². The molecule has 0 aromatic heterocycles. The highest BCUT2D eigenvalue weighted by atomic mass is 32.2. The number of nitrogens with zero attached hydrogens (tertiary/aromatic N) is 1. The van der Waals surface area contributed by atoms with Gasteiger partial charge in [-0.25, -0.2) is 12.7 Å². The Bertz CT molecular complexity index is 405. The second-order valence-electron chi connectivity index (χ2n) is 7.01. The molecule has 0 spiro atoms. The van der Waals surface area contributed by atoms with E-state index in [1.807, 2.05) is 0 Å². The standard InChI is InChI=1S/C14H26N2O2S/c1-16(2)19(17,18)4-3-15-14-12-6-10-5-11(8-12)9-13(14)7-10/h10-15H,3-9H2,1-2H3. The van der Waals surface area contributed by atoms with E-state index in [0.717, 1.165) is 23.7 Å². The van der Waals surface area contributed by atoms with Crippen molar-refractivity contribution in [3.05, 3.63) is 0 Å². The average Bonchev–Trinajstić information content (AvgIpc) is 2.31. The van der Waals surface area contributed by atoms with E-state index in [9.17, 15) is 8.42 Å². The Morgan fingerprint density at radius 1 is 1.00 bits per heavy atom. The lowest BCUT2D eigenvalue weighted by atomic mass is 9.54. The quantitative estimate of drug-likeness (QED) is 0.828. The van der Waals surface area contributed by atoms with Crippen molar-refractivity contribution < 1.29 is 8.42 Å². The Hall–Kier alpha value is -0.130. The molecule has 1 N–H and O–H groups in total. The van der Waals surface area contributed by atoms with Gasteiger partial charge in [0.2, 0.25) is 10.0 Å². The molecule has 0 aromatic carbocycles. The van der Waals surface area contributed by atoms with Gasteiger partial charge in [-0.2, -0.15) is 0 Å². The fourth-order valence-electron chi connectivity index (χ4n) is 4.80. The van der Waals surface area contributed by atoms with Gasteiger partial charge >= 0.3 is 0 Å². The van der Waals surface area contributed by atoms with Gasteiger partial charge in [-0.3, -0.25) is 0 Å². The molecule has 0 atom stereocenters. The zero-order valence-electron chi connectivity index (χ0n) is 12.0. The Morgan fingerprint density at radius 2 is 1.53 bits per heavy atom. The number of hydrogen-bond acceptors (Lipinski definition) is 3. The lowest BCUT2D eigenvalue weighted by Crippen LogP contribution is -2.55. The molecule has 0 amide bonds. The highest BCUT2D eigenvalue weighted by molar-refractivity contribution is 7.89. The van der Waals surface area contributed by atoms with Crippen LogP contribution in [0.15, 0.2) is 0 Å². The molecule has 4 rings (SSSR count). The average molecular weight is 286 g/mol. The number of hydrogen-bond donors (Lipinski definition) is 1. The maximum atomic E-state index is 11.8. The van der Waals surface area contributed by atoms with Crippen LogP contribution in [0.3, 0.4) is 0 Å². The fourth-order valence-corrected chi connectivity index (χ4v) is 5.54. The molecule has 4 fully saturated rings. The predicted octanol–water partition coefficient (Wildman–Crippen LogP) is 1.29. The van der Waals surface area contributed by atoms with Crippen molar-refractivity contribution in [3.8, 4) is 0 Å². The first kappa shape index (κ1) is 13.8. The van der Waals surface area contributed by atoms with Crippen molar-refractivity contribution in [1.82, 2.24) is 9.62 Å². The normalized spacial score (nSPS) is 41.1. The Morgan fingerprint density at radius 3 is 2.00 bits per heavy atom. The van der Waals surface area contributed by atoms with Gasteiger partial charge < -0.3 is 5.32 Å². The molecule has 0 aromatic rings. The van der Waals surface area contributed by atoms with Gasteiger partial charge in [0.1, 0.15) is 0 Å². The van der Waals surface area contributed by atoms with Crippen LogP contribution in [0.25, 0.3) is 0 Å². The van der Waals surface area contributed by atoms with E-state index in [-0.39, 0.29) is 5.75 Å². The number of rotatable bonds is 5. The van der Waals surface area contributed by atoms with Gasteiger partial charge in [-0.1, -0.05) is 0 Å². The summed E-state index contributed by atoms with van der Waals surface area (Å²) in [5, 5.41) is 3.57. The van der Waals surface area contributed by atoms with Gasteiger partial charge in [0.15, 0.2) is 0 Å². The van der Waals surface area contributed by atoms with Crippen LogP contribution in [0, 0.1) is 23.7 Å². The summed E-state index contributed by atoms with van der Waals surface area (Å²) < 4.78 is 24.9. The second kappa shape index (κ2) is 5.01. The lowest BCUT2D eigenvalue weighted by Gasteiger charge is -2.54. The van der Waals surface area contributed by atoms with E-state index in [1.54, 1.807) is 14.1 Å². The van der Waals surface area contributed by atoms with Gasteiger partial charge in [-0.05, 0) is 55.8 Å². The van der Waals surface area contributed by atoms with Crippen LogP contribution in [0.4, 0.5) is 0 Å². The molecular weight excluding hydrogens is 260 g/mol. The Kier molecular flexibility index (Phi) is 3.65. The van der Waals surface area contributed by atoms with E-state index in [2.05, 4.69) is 5.32 Å². The highest BCUT2D eigenvalue weighted by Crippen LogP contribution is 2.53. The second-order valence-corrected chi connectivity index (χ2v) is 9.31. The minimum atomic E-state index is -3.05. The Balaban J connectivity index is 1.54. The summed E-state index contributed by atoms with van der Waals surface area (Å²) in [6.45, 7) is 0.605. The van der Waals surface area contributed by atoms with Gasteiger partial charge in [0.25, 0.3) is 0 Å². The third-order valence-electron chi connectivity index (χ3n) is 5.52. The highest BCUT2D eigenvalue weighted by Gasteiger charge is 2.47. The first-order valence-corrected chi connectivity index (χ1v) is 9.20. The molecule has 4 nitrogen and oxygen atoms in total. The molecule has 4 aliphatic rings. The molecule has 110 valence electrons. The zero-order chi connectivity index (χ0) is 13.6. The van der Waals surface area contributed by atoms with E-state index in [0.29, 0.717) is 12.6 Å². The molecular formula is C14H26N2O2S. The van der Waals surface area contributed by atoms with Crippen molar-refractivity contribution in [2.75, 3.05) is 26.4 Å². The van der Waals surface area contributed by atoms with Crippen LogP contribution in [-0.4, -0.2) is 45.2 Å². The van der Waals surface area contributed by atoms with Crippen LogP contribution in [-0.2, 0) is 10.0 Å². The van der Waals surface area contributed by atoms with Gasteiger partial charge in [-0.15, -0.1) is 0 Å². The van der Waals surface area contributed by atoms with Crippen LogP contribution in [0.5, 0.6) is 0 Å². The summed E-state index contributed by atoms with van der Waals surface area (Å²) in [5.74, 6) is 3.82. The summed E-state index contributed by atoms with van der Waals surface area (Å²) in [6, 6.07) is 0.588. The molecule has 4 bridgehead atoms. The summed E-state index contributed by atoms with van der Waals surface area (Å²) in [7, 11) is 0.165. The molecule has 0 aliphatic heterocycles. The third-order valence-corrected chi connectivity index (χ3v) is 7.36. The topological polar surface area (TPSA) is 49.4 Å². The largest absolute Gasteiger partial charge is 0.312 e. The maximum absolute atomic E-state index is 11.8. The number of nitrogens with one attached hydrogen (secondary N) is 1. The SMILES string of the molecule is CN(C)S(=O)(=O)CCNC1C2CC3CC(C2)CC1C3. The molecule has 0 radical (unpaired) electrons. The fraction of sp³-hybridized carbons (Fsp3) is 1.00. The molecule has 0 unspecified atom stereocenters. The first-order valence-electron chi connectivity index (χ1n) is 7.59. The molecule has 4 aliphatic carbocycles. The van der Waals surface area contributed by atoms with E-state index in [4.69, 9.17) is 0 Å². The van der Waals surface area contributed by atoms with Crippen LogP contribution in [0.2, 0.25) is 0 Å². The van der Waals surface area contributed by atoms with Crippen molar-refractivity contribution in [2.45, 2.75) is 38.1 Å². The van der Waals surface area contributed by atoms with Crippen LogP contribution in [0.1, 0.15) is 32.1 Å². The van der Waals surface area contributed by atoms with Crippen LogP contribution >= 0.6 is 0 Å². The predicted molar refractivity (Wildman–Crippen MR) is 76.3 cm³/mol. The smallest absolute Gasteiger partial charge is 0.214 e. The molecule has 0 saturated heterocycles. The maximum Gasteiger partial charge on any atom is 0.214 e. The Labute approximate surface area is 117 Å². The van der Waals surface area contributed by atoms with Crippen molar-refractivity contribution >= 4 is 10.0 Å². The van der Waals surface area contributed by atoms with Gasteiger partial charge in [0, 0.05) is 26.7 Å². The monoisotopic (exact) mass is 286 g/mol. The molecule has 5 heteroatoms. The third kappa shape index (κ3) is 2.69. The summed E-state index contributed by atoms with van der Waals surface area (Å²) in [4.78, 5) is 0. The molecule has 4 saturated carbocycles. The number of sulfonamides is 1. The minimum Gasteiger partial charge on any atom is -0.312 e. The minimum absolute atomic E-state index is 0.225. The summed E-state index contributed by atoms with van der Waals surface area (Å²) in [5.41, 5.74) is 0. The molecule has 19 heavy (non-hydrogen) atoms. The van der Waals surface area contributed by atoms with Crippen molar-refractivity contribution in [3.63, 3.8) is 0 Å². The van der Waals surface area contributed by atoms with Crippen molar-refractivity contribution in [2.24, 2.45) is 23.7 Å². The molecule has 0 heterocycles. The zero-order valence-corrected chi connectivity index (χ0v) is 12.8. The summed E-state index contributed by atoms with van der Waals surface area (Å²) >= 11 is 0. The first-order chi connectivity index (χ1) is 8.95. The van der Waals surface area contributed by atoms with Crippen molar-refractivity contribution in [1.29, 1.82) is 0 Å². The van der Waals surface area contributed by atoms with Gasteiger partial charge in [0.05, 0.1) is 5.75 Å². The van der Waals surface area contributed by atoms with E-state index >= 15 is 0 Å². The van der Waals surface area contributed by atoms with E-state index in [1.165, 1.54) is 36.4 Å². The lowest BCUT2D eigenvalue weighted by molar-refractivity contribution is -0.0129.